The largest absolute Gasteiger partial charge is 0.358 e. The number of aryl methyl sites for hydroxylation is 2. The van der Waals surface area contributed by atoms with Crippen molar-refractivity contribution in [2.24, 2.45) is 0 Å². The number of hydrogen-bond acceptors (Lipinski definition) is 2. The quantitative estimate of drug-likeness (QED) is 0.739. The van der Waals surface area contributed by atoms with Gasteiger partial charge < -0.3 is 12.4 Å². The van der Waals surface area contributed by atoms with Crippen molar-refractivity contribution in [3.63, 3.8) is 0 Å². The third-order valence-electron chi connectivity index (χ3n) is 1.38. The molecule has 1 radical (unpaired) electrons. The van der Waals surface area contributed by atoms with Gasteiger partial charge in [-0.2, -0.15) is 18.6 Å². The Balaban J connectivity index is -0.000000339. The predicted octanol–water partition coefficient (Wildman–Crippen LogP) is 4.36. The van der Waals surface area contributed by atoms with Gasteiger partial charge in [0.2, 0.25) is 0 Å². The zero-order valence-electron chi connectivity index (χ0n) is 10.7. The van der Waals surface area contributed by atoms with Crippen LogP contribution < -0.4 is 0 Å². The van der Waals surface area contributed by atoms with Crippen molar-refractivity contribution < 1.29 is 32.7 Å². The van der Waals surface area contributed by atoms with Crippen LogP contribution in [-0.4, -0.2) is 4.98 Å². The Morgan fingerprint density at radius 1 is 1.27 bits per heavy atom. The minimum absolute atomic E-state index is 0. The second-order valence-corrected chi connectivity index (χ2v) is 3.61. The number of hydrogen-bond donors (Lipinski definition) is 0. The number of nitrogens with zero attached hydrogens (tertiary/aromatic N) is 1. The molecule has 1 aromatic heterocycles. The fraction of sp³-hybridized carbons (Fsp3) is 0.417. The third kappa shape index (κ3) is 8.18. The summed E-state index contributed by atoms with van der Waals surface area (Å²) in [6, 6.07) is 0. The SMILES string of the molecule is C/C=C\[CH-]c1sc(C)nc1C.CC.[CH3-].[Y]. The Labute approximate surface area is 124 Å². The Morgan fingerprint density at radius 2 is 1.80 bits per heavy atom. The second-order valence-electron chi connectivity index (χ2n) is 2.37. The van der Waals surface area contributed by atoms with Crippen LogP contribution in [0.5, 0.6) is 0 Å². The van der Waals surface area contributed by atoms with E-state index >= 15 is 0 Å². The Kier molecular flexibility index (Phi) is 17.1. The summed E-state index contributed by atoms with van der Waals surface area (Å²) in [6.07, 6.45) is 6.16. The van der Waals surface area contributed by atoms with Crippen LogP contribution in [0.3, 0.4) is 0 Å². The van der Waals surface area contributed by atoms with Gasteiger partial charge in [-0.05, 0) is 12.6 Å². The Bertz CT molecular complexity index is 267. The van der Waals surface area contributed by atoms with E-state index in [1.165, 1.54) is 4.88 Å². The van der Waals surface area contributed by atoms with E-state index in [2.05, 4.69) is 11.4 Å². The molecule has 0 aliphatic rings. The Morgan fingerprint density at radius 3 is 2.13 bits per heavy atom. The van der Waals surface area contributed by atoms with Gasteiger partial charge in [0.05, 0.1) is 5.01 Å². The summed E-state index contributed by atoms with van der Waals surface area (Å²) < 4.78 is 0. The van der Waals surface area contributed by atoms with E-state index < -0.39 is 0 Å². The molecule has 1 aromatic rings. The summed E-state index contributed by atoms with van der Waals surface area (Å²) in [5.74, 6) is 0. The molecule has 0 aromatic carbocycles. The third-order valence-corrected chi connectivity index (χ3v) is 2.42. The van der Waals surface area contributed by atoms with Crippen molar-refractivity contribution in [1.29, 1.82) is 0 Å². The molecule has 15 heavy (non-hydrogen) atoms. The molecule has 0 unspecified atom stereocenters. The number of thiazole rings is 1. The molecule has 0 bridgehead atoms. The van der Waals surface area contributed by atoms with Crippen LogP contribution >= 0.6 is 11.3 Å². The van der Waals surface area contributed by atoms with Crippen molar-refractivity contribution in [2.75, 3.05) is 0 Å². The summed E-state index contributed by atoms with van der Waals surface area (Å²) in [7, 11) is 0. The zero-order valence-corrected chi connectivity index (χ0v) is 14.3. The van der Waals surface area contributed by atoms with E-state index in [1.54, 1.807) is 11.3 Å². The van der Waals surface area contributed by atoms with Crippen LogP contribution in [0.25, 0.3) is 0 Å². The first kappa shape index (κ1) is 20.7. The van der Waals surface area contributed by atoms with Crippen molar-refractivity contribution in [1.82, 2.24) is 4.98 Å². The fourth-order valence-electron chi connectivity index (χ4n) is 0.885. The van der Waals surface area contributed by atoms with E-state index in [1.807, 2.05) is 46.8 Å². The molecule has 3 heteroatoms. The molecule has 1 nitrogen and oxygen atoms in total. The summed E-state index contributed by atoms with van der Waals surface area (Å²) >= 11 is 1.74. The van der Waals surface area contributed by atoms with Crippen molar-refractivity contribution in [2.45, 2.75) is 34.6 Å². The second kappa shape index (κ2) is 12.4. The minimum Gasteiger partial charge on any atom is -0.358 e. The zero-order chi connectivity index (χ0) is 10.3. The molecular weight excluding hydrogens is 279 g/mol. The van der Waals surface area contributed by atoms with E-state index in [-0.39, 0.29) is 40.1 Å². The minimum atomic E-state index is 0. The molecule has 0 aliphatic heterocycles. The molecular formula is C12H21NSY-2. The van der Waals surface area contributed by atoms with Gasteiger partial charge in [-0.25, -0.2) is 0 Å². The van der Waals surface area contributed by atoms with E-state index in [4.69, 9.17) is 0 Å². The molecule has 0 saturated carbocycles. The van der Waals surface area contributed by atoms with E-state index in [0.717, 1.165) is 10.7 Å². The van der Waals surface area contributed by atoms with E-state index in [9.17, 15) is 0 Å². The number of rotatable bonds is 2. The normalized spacial score (nSPS) is 8.33. The molecule has 0 amide bonds. The molecule has 0 N–H and O–H groups in total. The maximum atomic E-state index is 4.32. The average Bonchev–Trinajstić information content (AvgIpc) is 2.45. The van der Waals surface area contributed by atoms with Gasteiger partial charge in [-0.15, -0.1) is 11.3 Å². The molecule has 0 spiro atoms. The maximum Gasteiger partial charge on any atom is 0.0738 e. The topological polar surface area (TPSA) is 12.9 Å². The number of allylic oxidation sites excluding steroid dienone is 2. The van der Waals surface area contributed by atoms with Crippen molar-refractivity contribution in [3.05, 3.63) is 41.6 Å². The van der Waals surface area contributed by atoms with Gasteiger partial charge in [-0.1, -0.05) is 32.6 Å². The van der Waals surface area contributed by atoms with Crippen LogP contribution in [0.15, 0.2) is 12.2 Å². The van der Waals surface area contributed by atoms with Crippen LogP contribution in [-0.2, 0) is 32.7 Å². The molecule has 85 valence electrons. The number of aromatic nitrogens is 1. The fourth-order valence-corrected chi connectivity index (χ4v) is 1.73. The van der Waals surface area contributed by atoms with Crippen molar-refractivity contribution in [3.8, 4) is 0 Å². The van der Waals surface area contributed by atoms with Crippen LogP contribution in [0.2, 0.25) is 0 Å². The first-order valence-electron chi connectivity index (χ1n) is 4.64. The smallest absolute Gasteiger partial charge is 0.0738 e. The van der Waals surface area contributed by atoms with Gasteiger partial charge >= 0.3 is 0 Å². The van der Waals surface area contributed by atoms with Crippen molar-refractivity contribution >= 4 is 11.3 Å². The van der Waals surface area contributed by atoms with E-state index in [0.29, 0.717) is 0 Å². The molecule has 0 saturated heterocycles. The molecule has 1 rings (SSSR count). The van der Waals surface area contributed by atoms with Gasteiger partial charge in [0.1, 0.15) is 0 Å². The standard InChI is InChI=1S/C9H12NS.C2H6.CH3.Y/c1-4-5-6-9-7(2)10-8(3)11-9;1-2;;/h4-6H,1-3H3;1-2H3;1H3;/q-1;;-1;/b5-4-;;;. The summed E-state index contributed by atoms with van der Waals surface area (Å²) in [4.78, 5) is 5.58. The van der Waals surface area contributed by atoms with Crippen LogP contribution in [0.1, 0.15) is 36.3 Å². The monoisotopic (exact) mass is 300 g/mol. The van der Waals surface area contributed by atoms with Gasteiger partial charge in [-0.3, -0.25) is 0 Å². The van der Waals surface area contributed by atoms with Crippen LogP contribution in [0, 0.1) is 27.7 Å². The molecule has 1 heterocycles. The van der Waals surface area contributed by atoms with Gasteiger partial charge in [0, 0.05) is 32.7 Å². The Hall–Kier alpha value is 0.344. The maximum absolute atomic E-state index is 4.32. The molecule has 0 atom stereocenters. The molecule has 0 fully saturated rings. The van der Waals surface area contributed by atoms with Crippen LogP contribution in [0.4, 0.5) is 0 Å². The summed E-state index contributed by atoms with van der Waals surface area (Å²) in [5.41, 5.74) is 1.13. The molecule has 0 aliphatic carbocycles. The predicted molar refractivity (Wildman–Crippen MR) is 67.6 cm³/mol. The van der Waals surface area contributed by atoms with Gasteiger partial charge in [0.25, 0.3) is 0 Å². The summed E-state index contributed by atoms with van der Waals surface area (Å²) in [5, 5.41) is 1.14. The first-order valence-corrected chi connectivity index (χ1v) is 5.45. The summed E-state index contributed by atoms with van der Waals surface area (Å²) in [6.45, 7) is 10.1. The van der Waals surface area contributed by atoms with Gasteiger partial charge in [0.15, 0.2) is 0 Å². The average molecular weight is 300 g/mol. The first-order chi connectivity index (χ1) is 6.24.